The van der Waals surface area contributed by atoms with Gasteiger partial charge in [0.25, 0.3) is 0 Å². The molecule has 0 aliphatic carbocycles. The highest BCUT2D eigenvalue weighted by atomic mass is 32.2. The van der Waals surface area contributed by atoms with Crippen LogP contribution in [0.25, 0.3) is 0 Å². The van der Waals surface area contributed by atoms with Crippen LogP contribution >= 0.6 is 11.8 Å². The highest BCUT2D eigenvalue weighted by Gasteiger charge is 2.62. The van der Waals surface area contributed by atoms with Crippen LogP contribution < -0.4 is 15.3 Å². The second-order valence-corrected chi connectivity index (χ2v) is 6.79. The van der Waals surface area contributed by atoms with Gasteiger partial charge in [0, 0.05) is 4.75 Å². The number of rotatable bonds is 4. The highest BCUT2D eigenvalue weighted by molar-refractivity contribution is 8.01. The summed E-state index contributed by atoms with van der Waals surface area (Å²) in [6.07, 6.45) is 0. The third-order valence-electron chi connectivity index (χ3n) is 3.27. The van der Waals surface area contributed by atoms with E-state index in [1.165, 1.54) is 16.7 Å². The minimum atomic E-state index is -1.30. The van der Waals surface area contributed by atoms with Crippen molar-refractivity contribution in [2.75, 3.05) is 6.54 Å². The molecule has 2 N–H and O–H groups in total. The topological polar surface area (TPSA) is 140 Å². The summed E-state index contributed by atoms with van der Waals surface area (Å²) in [5, 5.41) is 16.4. The zero-order valence-electron chi connectivity index (χ0n) is 10.8. The lowest BCUT2D eigenvalue weighted by Gasteiger charge is -2.45. The van der Waals surface area contributed by atoms with E-state index in [4.69, 9.17) is 5.53 Å². The van der Waals surface area contributed by atoms with Crippen molar-refractivity contribution < 1.29 is 19.5 Å². The normalized spacial score (nSPS) is 30.0. The van der Waals surface area contributed by atoms with E-state index in [0.717, 1.165) is 0 Å². The standard InChI is InChI=1S/C10H13N5O4S/c1-10(2)6(9(18)19)15-7(17)5(8(15)20-10)13-4(16)3-12-14-11/h5-6,8,11H,3H2,1-2H3,(H-,13,16,18,19)/t5-,6+,8+/m1/s1. The Labute approximate surface area is 118 Å². The van der Waals surface area contributed by atoms with Crippen molar-refractivity contribution in [2.45, 2.75) is 36.1 Å². The van der Waals surface area contributed by atoms with Gasteiger partial charge in [0.05, 0.1) is 12.0 Å². The molecule has 0 spiro atoms. The van der Waals surface area contributed by atoms with Gasteiger partial charge >= 0.3 is 0 Å². The fourth-order valence-electron chi connectivity index (χ4n) is 2.45. The molecule has 2 rings (SSSR count). The monoisotopic (exact) mass is 299 g/mol. The summed E-state index contributed by atoms with van der Waals surface area (Å²) in [5.41, 5.74) is 6.45. The summed E-state index contributed by atoms with van der Waals surface area (Å²) in [4.78, 5) is 38.5. The number of carbonyl (C=O) groups excluding carboxylic acids is 3. The van der Waals surface area contributed by atoms with Crippen LogP contribution in [0.5, 0.6) is 0 Å². The lowest BCUT2D eigenvalue weighted by Crippen LogP contribution is -2.71. The number of carbonyl (C=O) groups is 3. The SMILES string of the molecule is CC1(C)S[C@H]2[C@H](NC(=O)CN=[N+]=N)C(=O)N2[C@H]1C(=O)[O-]. The molecule has 9 nitrogen and oxygen atoms in total. The van der Waals surface area contributed by atoms with E-state index in [-0.39, 0.29) is 6.54 Å². The molecular weight excluding hydrogens is 286 g/mol. The molecule has 2 aliphatic heterocycles. The van der Waals surface area contributed by atoms with Gasteiger partial charge in [-0.1, -0.05) is 0 Å². The Morgan fingerprint density at radius 2 is 2.25 bits per heavy atom. The van der Waals surface area contributed by atoms with Crippen LogP contribution in [0.15, 0.2) is 5.11 Å². The second kappa shape index (κ2) is 4.88. The van der Waals surface area contributed by atoms with Gasteiger partial charge in [-0.25, -0.2) is 0 Å². The van der Waals surface area contributed by atoms with Crippen molar-refractivity contribution in [1.82, 2.24) is 15.1 Å². The first-order chi connectivity index (χ1) is 9.29. The Kier molecular flexibility index (Phi) is 3.53. The highest BCUT2D eigenvalue weighted by Crippen LogP contribution is 2.50. The molecule has 0 aromatic carbocycles. The van der Waals surface area contributed by atoms with Crippen molar-refractivity contribution in [3.8, 4) is 0 Å². The lowest BCUT2D eigenvalue weighted by molar-refractivity contribution is -0.312. The van der Waals surface area contributed by atoms with Gasteiger partial charge in [0.15, 0.2) is 0 Å². The summed E-state index contributed by atoms with van der Waals surface area (Å²) in [6, 6.07) is -1.77. The van der Waals surface area contributed by atoms with E-state index >= 15 is 0 Å². The summed E-state index contributed by atoms with van der Waals surface area (Å²) >= 11 is 1.31. The maximum atomic E-state index is 12.0. The summed E-state index contributed by atoms with van der Waals surface area (Å²) < 4.78 is -0.681. The third-order valence-corrected chi connectivity index (χ3v) is 4.84. The van der Waals surface area contributed by atoms with Crippen LogP contribution in [-0.4, -0.2) is 51.4 Å². The van der Waals surface area contributed by atoms with Gasteiger partial charge in [-0.15, -0.1) is 11.8 Å². The number of nitrogens with one attached hydrogen (secondary N) is 2. The molecule has 2 fully saturated rings. The number of fused-ring (bicyclic) bond motifs is 1. The molecule has 3 atom stereocenters. The molecule has 2 saturated heterocycles. The zero-order chi connectivity index (χ0) is 15.1. The Hall–Kier alpha value is -1.93. The average Bonchev–Trinajstić information content (AvgIpc) is 2.62. The van der Waals surface area contributed by atoms with Gasteiger partial charge in [-0.05, 0) is 13.8 Å². The number of aliphatic carboxylic acids is 1. The molecule has 0 unspecified atom stereocenters. The van der Waals surface area contributed by atoms with E-state index in [0.29, 0.717) is 0 Å². The molecule has 0 aromatic rings. The van der Waals surface area contributed by atoms with Crippen LogP contribution in [0, 0.1) is 5.53 Å². The van der Waals surface area contributed by atoms with Crippen LogP contribution in [-0.2, 0) is 14.4 Å². The molecular formula is C10H13N5O4S. The first-order valence-electron chi connectivity index (χ1n) is 5.83. The number of carboxylic acids is 1. The van der Waals surface area contributed by atoms with Crippen LogP contribution in [0.3, 0.4) is 0 Å². The molecule has 108 valence electrons. The maximum Gasteiger partial charge on any atom is 0.249 e. The van der Waals surface area contributed by atoms with Crippen LogP contribution in [0.4, 0.5) is 0 Å². The van der Waals surface area contributed by atoms with Gasteiger partial charge in [0.1, 0.15) is 22.1 Å². The Balaban J connectivity index is 2.09. The van der Waals surface area contributed by atoms with Gasteiger partial charge in [-0.2, -0.15) is 0 Å². The molecule has 20 heavy (non-hydrogen) atoms. The molecule has 0 bridgehead atoms. The Bertz CT molecular complexity index is 530. The largest absolute Gasteiger partial charge is 0.548 e. The molecule has 2 heterocycles. The van der Waals surface area contributed by atoms with Crippen LogP contribution in [0.2, 0.25) is 0 Å². The minimum absolute atomic E-state index is 0.335. The Morgan fingerprint density at radius 1 is 1.60 bits per heavy atom. The number of carboxylic acid groups (broad SMARTS) is 1. The predicted molar refractivity (Wildman–Crippen MR) is 65.2 cm³/mol. The van der Waals surface area contributed by atoms with Gasteiger partial charge < -0.3 is 20.1 Å². The second-order valence-electron chi connectivity index (χ2n) is 5.02. The number of hydrogen-bond acceptors (Lipinski definition) is 7. The minimum Gasteiger partial charge on any atom is -0.548 e. The number of β-lactam (4-membered cyclic amide) rings is 1. The van der Waals surface area contributed by atoms with Crippen molar-refractivity contribution in [1.29, 1.82) is 5.53 Å². The van der Waals surface area contributed by atoms with E-state index in [2.05, 4.69) is 15.3 Å². The summed E-state index contributed by atoms with van der Waals surface area (Å²) in [6.45, 7) is 3.10. The van der Waals surface area contributed by atoms with E-state index in [9.17, 15) is 19.5 Å². The fraction of sp³-hybridized carbons (Fsp3) is 0.700. The van der Waals surface area contributed by atoms with Gasteiger partial charge in [-0.3, -0.25) is 9.59 Å². The molecule has 0 saturated carbocycles. The maximum absolute atomic E-state index is 12.0. The zero-order valence-corrected chi connectivity index (χ0v) is 11.6. The van der Waals surface area contributed by atoms with E-state index in [1.807, 2.05) is 0 Å². The molecule has 2 aliphatic rings. The third kappa shape index (κ3) is 2.16. The van der Waals surface area contributed by atoms with Crippen molar-refractivity contribution in [3.63, 3.8) is 0 Å². The lowest BCUT2D eigenvalue weighted by atomic mass is 9.96. The number of hydrogen-bond donors (Lipinski definition) is 2. The fourth-order valence-corrected chi connectivity index (χ4v) is 4.07. The quantitative estimate of drug-likeness (QED) is 0.345. The molecule has 10 heteroatoms. The number of amides is 2. The van der Waals surface area contributed by atoms with Crippen molar-refractivity contribution in [3.05, 3.63) is 0 Å². The van der Waals surface area contributed by atoms with Crippen LogP contribution in [0.1, 0.15) is 13.8 Å². The van der Waals surface area contributed by atoms with Gasteiger partial charge in [0.2, 0.25) is 23.3 Å². The molecule has 2 amide bonds. The van der Waals surface area contributed by atoms with Crippen molar-refractivity contribution >= 4 is 29.5 Å². The summed E-state index contributed by atoms with van der Waals surface area (Å²) in [7, 11) is 0. The molecule has 0 radical (unpaired) electrons. The smallest absolute Gasteiger partial charge is 0.249 e. The number of thioether (sulfide) groups is 1. The average molecular weight is 299 g/mol. The van der Waals surface area contributed by atoms with E-state index in [1.54, 1.807) is 13.8 Å². The molecule has 0 aromatic heterocycles. The number of nitrogens with zero attached hydrogens (tertiary/aromatic N) is 3. The first-order valence-corrected chi connectivity index (χ1v) is 6.71. The van der Waals surface area contributed by atoms with E-state index < -0.39 is 40.0 Å². The summed E-state index contributed by atoms with van der Waals surface area (Å²) in [5.74, 6) is -2.28. The predicted octanol–water partition coefficient (Wildman–Crippen LogP) is -2.17. The first kappa shape index (κ1) is 14.5. The van der Waals surface area contributed by atoms with Crippen molar-refractivity contribution in [2.24, 2.45) is 5.11 Å². The Morgan fingerprint density at radius 3 is 2.80 bits per heavy atom.